The van der Waals surface area contributed by atoms with Gasteiger partial charge in [-0.15, -0.1) is 0 Å². The second-order valence-corrected chi connectivity index (χ2v) is 4.87. The summed E-state index contributed by atoms with van der Waals surface area (Å²) in [6.45, 7) is 3.77. The second-order valence-electron chi connectivity index (χ2n) is 4.87. The minimum Gasteiger partial charge on any atom is -0.462 e. The minimum absolute atomic E-state index is 0.224. The summed E-state index contributed by atoms with van der Waals surface area (Å²) in [6.07, 6.45) is 12.9. The maximum absolute atomic E-state index is 10.5. The van der Waals surface area contributed by atoms with Crippen LogP contribution in [-0.4, -0.2) is 23.8 Å². The lowest BCUT2D eigenvalue weighted by molar-refractivity contribution is -0.139. The van der Waals surface area contributed by atoms with E-state index in [-0.39, 0.29) is 12.6 Å². The van der Waals surface area contributed by atoms with Crippen molar-refractivity contribution in [2.45, 2.75) is 58.5 Å². The molecule has 0 aromatic heterocycles. The van der Waals surface area contributed by atoms with Crippen LogP contribution >= 0.6 is 0 Å². The molecule has 0 spiro atoms. The van der Waals surface area contributed by atoms with Gasteiger partial charge in [-0.25, -0.2) is 0 Å². The lowest BCUT2D eigenvalue weighted by atomic mass is 10.1. The largest absolute Gasteiger partial charge is 0.462 e. The summed E-state index contributed by atoms with van der Waals surface area (Å²) in [5, 5.41) is 9.71. The number of aliphatic hydroxyl groups is 1. The highest BCUT2D eigenvalue weighted by Crippen LogP contribution is 2.07. The number of carbonyl (C=O) groups excluding carboxylic acids is 1. The van der Waals surface area contributed by atoms with Crippen molar-refractivity contribution in [3.8, 4) is 23.7 Å². The molecular formula is C19H26O3. The van der Waals surface area contributed by atoms with Crippen molar-refractivity contribution in [1.82, 2.24) is 0 Å². The summed E-state index contributed by atoms with van der Waals surface area (Å²) in [5.74, 6) is 10.4. The van der Waals surface area contributed by atoms with Gasteiger partial charge in [0.15, 0.2) is 0 Å². The average molecular weight is 302 g/mol. The van der Waals surface area contributed by atoms with Crippen molar-refractivity contribution in [2.75, 3.05) is 6.61 Å². The Labute approximate surface area is 134 Å². The Balaban J connectivity index is 3.77. The molecule has 3 nitrogen and oxygen atoms in total. The number of ether oxygens (including phenoxy) is 1. The molecule has 0 saturated heterocycles. The Morgan fingerprint density at radius 2 is 1.82 bits per heavy atom. The van der Waals surface area contributed by atoms with Gasteiger partial charge in [0.05, 0.1) is 6.10 Å². The van der Waals surface area contributed by atoms with Crippen LogP contribution in [-0.2, 0) is 9.53 Å². The molecule has 0 aromatic carbocycles. The van der Waals surface area contributed by atoms with Crippen molar-refractivity contribution >= 4 is 5.97 Å². The van der Waals surface area contributed by atoms with Crippen LogP contribution < -0.4 is 0 Å². The molecule has 1 N–H and O–H groups in total. The Kier molecular flexibility index (Phi) is 14.0. The predicted molar refractivity (Wildman–Crippen MR) is 89.8 cm³/mol. The smallest absolute Gasteiger partial charge is 0.302 e. The molecule has 0 saturated carbocycles. The normalized spacial score (nSPS) is 11.6. The third-order valence-electron chi connectivity index (χ3n) is 2.80. The average Bonchev–Trinajstić information content (AvgIpc) is 2.48. The summed E-state index contributed by atoms with van der Waals surface area (Å²) in [6, 6.07) is 0. The molecule has 0 amide bonds. The molecule has 0 rings (SSSR count). The third kappa shape index (κ3) is 16.1. The van der Waals surface area contributed by atoms with E-state index < -0.39 is 6.10 Å². The summed E-state index contributed by atoms with van der Waals surface area (Å²) in [7, 11) is 0. The maximum atomic E-state index is 10.5. The Morgan fingerprint density at radius 1 is 1.14 bits per heavy atom. The van der Waals surface area contributed by atoms with Gasteiger partial charge in [0, 0.05) is 6.92 Å². The first-order chi connectivity index (χ1) is 10.7. The van der Waals surface area contributed by atoms with Crippen LogP contribution in [0, 0.1) is 23.7 Å². The van der Waals surface area contributed by atoms with E-state index in [1.807, 2.05) is 0 Å². The van der Waals surface area contributed by atoms with E-state index in [4.69, 9.17) is 4.74 Å². The van der Waals surface area contributed by atoms with Crippen molar-refractivity contribution in [2.24, 2.45) is 0 Å². The number of unbranched alkanes of at least 4 members (excludes halogenated alkanes) is 4. The minimum atomic E-state index is -0.424. The topological polar surface area (TPSA) is 46.5 Å². The first-order valence-electron chi connectivity index (χ1n) is 7.81. The zero-order chi connectivity index (χ0) is 16.5. The number of allylic oxidation sites excluding steroid dienone is 2. The maximum Gasteiger partial charge on any atom is 0.302 e. The molecule has 0 aliphatic heterocycles. The Morgan fingerprint density at radius 3 is 2.50 bits per heavy atom. The van der Waals surface area contributed by atoms with Gasteiger partial charge in [0.1, 0.15) is 6.61 Å². The van der Waals surface area contributed by atoms with Crippen LogP contribution in [0.25, 0.3) is 0 Å². The van der Waals surface area contributed by atoms with Crippen LogP contribution in [0.3, 0.4) is 0 Å². The van der Waals surface area contributed by atoms with Crippen molar-refractivity contribution in [3.63, 3.8) is 0 Å². The van der Waals surface area contributed by atoms with Crippen LogP contribution in [0.5, 0.6) is 0 Å². The summed E-state index contributed by atoms with van der Waals surface area (Å²) >= 11 is 0. The van der Waals surface area contributed by atoms with Crippen molar-refractivity contribution in [3.05, 3.63) is 24.3 Å². The highest BCUT2D eigenvalue weighted by Gasteiger charge is 1.97. The van der Waals surface area contributed by atoms with Crippen molar-refractivity contribution < 1.29 is 14.6 Å². The zero-order valence-electron chi connectivity index (χ0n) is 13.6. The fourth-order valence-electron chi connectivity index (χ4n) is 1.64. The van der Waals surface area contributed by atoms with E-state index in [2.05, 4.69) is 30.6 Å². The first-order valence-corrected chi connectivity index (χ1v) is 7.81. The molecule has 0 aliphatic rings. The van der Waals surface area contributed by atoms with Crippen LogP contribution in [0.15, 0.2) is 24.3 Å². The Hall–Kier alpha value is -1.97. The lowest BCUT2D eigenvalue weighted by Crippen LogP contribution is -2.01. The Bertz CT molecular complexity index is 466. The molecule has 3 heteroatoms. The lowest BCUT2D eigenvalue weighted by Gasteiger charge is -2.03. The quantitative estimate of drug-likeness (QED) is 0.403. The highest BCUT2D eigenvalue weighted by molar-refractivity contribution is 5.66. The fraction of sp³-hybridized carbons (Fsp3) is 0.526. The molecular weight excluding hydrogens is 276 g/mol. The molecule has 0 bridgehead atoms. The molecule has 0 radical (unpaired) electrons. The predicted octanol–water partition coefficient (Wildman–Crippen LogP) is 3.39. The standard InChI is InChI=1S/C19H26O3/c1-3-4-5-9-12-15-19(21)16-13-10-7-6-8-11-14-17-22-18(2)20/h11,13-14,16,19,21H,3-5,9,12,15,17H2,1-2H3. The monoisotopic (exact) mass is 302 g/mol. The van der Waals surface area contributed by atoms with E-state index in [9.17, 15) is 9.90 Å². The summed E-state index contributed by atoms with van der Waals surface area (Å²) < 4.78 is 4.70. The number of aliphatic hydroxyl groups excluding tert-OH is 1. The fourth-order valence-corrected chi connectivity index (χ4v) is 1.64. The van der Waals surface area contributed by atoms with Crippen molar-refractivity contribution in [1.29, 1.82) is 0 Å². The van der Waals surface area contributed by atoms with Gasteiger partial charge in [-0.1, -0.05) is 50.9 Å². The van der Waals surface area contributed by atoms with Gasteiger partial charge in [-0.05, 0) is 42.6 Å². The van der Waals surface area contributed by atoms with E-state index in [1.165, 1.54) is 32.6 Å². The van der Waals surface area contributed by atoms with Gasteiger partial charge in [-0.2, -0.15) is 0 Å². The summed E-state index contributed by atoms with van der Waals surface area (Å²) in [4.78, 5) is 10.5. The van der Waals surface area contributed by atoms with E-state index in [1.54, 1.807) is 24.3 Å². The van der Waals surface area contributed by atoms with Gasteiger partial charge < -0.3 is 9.84 Å². The number of carbonyl (C=O) groups is 1. The molecule has 0 aliphatic carbocycles. The SMILES string of the molecule is CCCCCCCC(O)C=CC#CC#CC=CCOC(C)=O. The van der Waals surface area contributed by atoms with Crippen LogP contribution in [0.1, 0.15) is 52.4 Å². The number of hydrogen-bond donors (Lipinski definition) is 1. The van der Waals surface area contributed by atoms with Gasteiger partial charge in [0.2, 0.25) is 0 Å². The van der Waals surface area contributed by atoms with E-state index in [0.29, 0.717) is 0 Å². The molecule has 0 heterocycles. The molecule has 1 unspecified atom stereocenters. The number of hydrogen-bond acceptors (Lipinski definition) is 3. The highest BCUT2D eigenvalue weighted by atomic mass is 16.5. The number of rotatable bonds is 9. The summed E-state index contributed by atoms with van der Waals surface area (Å²) in [5.41, 5.74) is 0. The third-order valence-corrected chi connectivity index (χ3v) is 2.80. The zero-order valence-corrected chi connectivity index (χ0v) is 13.6. The van der Waals surface area contributed by atoms with E-state index >= 15 is 0 Å². The molecule has 120 valence electrons. The first kappa shape index (κ1) is 20.0. The number of esters is 1. The van der Waals surface area contributed by atoms with Crippen LogP contribution in [0.4, 0.5) is 0 Å². The molecule has 22 heavy (non-hydrogen) atoms. The van der Waals surface area contributed by atoms with Gasteiger partial charge in [-0.3, -0.25) is 4.79 Å². The molecule has 0 aromatic rings. The second kappa shape index (κ2) is 15.4. The molecule has 1 atom stereocenters. The van der Waals surface area contributed by atoms with Gasteiger partial charge in [0.25, 0.3) is 0 Å². The molecule has 0 fully saturated rings. The van der Waals surface area contributed by atoms with Crippen LogP contribution in [0.2, 0.25) is 0 Å². The van der Waals surface area contributed by atoms with Gasteiger partial charge >= 0.3 is 5.97 Å². The van der Waals surface area contributed by atoms with E-state index in [0.717, 1.165) is 12.8 Å².